The molecule has 0 aliphatic carbocycles. The van der Waals surface area contributed by atoms with Crippen LogP contribution in [0, 0.1) is 0 Å². The van der Waals surface area contributed by atoms with E-state index >= 15 is 0 Å². The number of nitrogens with one attached hydrogen (secondary N) is 1. The number of rotatable bonds is 8. The third kappa shape index (κ3) is 5.01. The third-order valence-corrected chi connectivity index (χ3v) is 4.05. The number of aliphatic carboxylic acids is 1. The number of nitrogens with zero attached hydrogens (tertiary/aromatic N) is 1. The van der Waals surface area contributed by atoms with Crippen LogP contribution in [0.3, 0.4) is 0 Å². The van der Waals surface area contributed by atoms with Crippen molar-refractivity contribution in [2.24, 2.45) is 0 Å². The lowest BCUT2D eigenvalue weighted by Gasteiger charge is -2.07. The van der Waals surface area contributed by atoms with Crippen LogP contribution in [0.1, 0.15) is 18.2 Å². The first-order valence-corrected chi connectivity index (χ1v) is 8.86. The number of carbonyl (C=O) groups is 1. The fourth-order valence-electron chi connectivity index (χ4n) is 2.50. The molecule has 0 bridgehead atoms. The van der Waals surface area contributed by atoms with E-state index in [1.807, 2.05) is 48.5 Å². The molecule has 2 aromatic carbocycles. The minimum Gasteiger partial charge on any atom is -0.481 e. The zero-order valence-corrected chi connectivity index (χ0v) is 15.5. The molecule has 1 heterocycles. The topological polar surface area (TPSA) is 84.6 Å². The largest absolute Gasteiger partial charge is 0.481 e. The Bertz CT molecular complexity index is 905. The molecule has 0 unspecified atom stereocenters. The first kappa shape index (κ1) is 18.8. The third-order valence-electron chi connectivity index (χ3n) is 3.80. The van der Waals surface area contributed by atoms with Crippen molar-refractivity contribution in [3.8, 4) is 17.4 Å². The van der Waals surface area contributed by atoms with Gasteiger partial charge in [-0.1, -0.05) is 23.7 Å². The minimum atomic E-state index is -0.988. The van der Waals surface area contributed by atoms with E-state index in [1.165, 1.54) is 0 Å². The number of oxazole rings is 1. The zero-order chi connectivity index (χ0) is 19.2. The van der Waals surface area contributed by atoms with Crippen LogP contribution < -0.4 is 10.1 Å². The normalized spacial score (nSPS) is 10.6. The van der Waals surface area contributed by atoms with Gasteiger partial charge in [0.05, 0.1) is 13.0 Å². The molecule has 0 saturated carbocycles. The highest BCUT2D eigenvalue weighted by Gasteiger charge is 2.18. The van der Waals surface area contributed by atoms with Crippen LogP contribution in [0.25, 0.3) is 11.5 Å². The Morgan fingerprint density at radius 2 is 1.89 bits per heavy atom. The number of ether oxygens (including phenoxy) is 1. The van der Waals surface area contributed by atoms with Gasteiger partial charge in [0.2, 0.25) is 5.89 Å². The van der Waals surface area contributed by atoms with E-state index in [2.05, 4.69) is 10.3 Å². The summed E-state index contributed by atoms with van der Waals surface area (Å²) in [5, 5.41) is 13.0. The van der Waals surface area contributed by atoms with Crippen molar-refractivity contribution in [3.05, 3.63) is 64.8 Å². The Labute approximate surface area is 161 Å². The molecule has 7 heteroatoms. The highest BCUT2D eigenvalue weighted by molar-refractivity contribution is 6.30. The summed E-state index contributed by atoms with van der Waals surface area (Å²) >= 11 is 5.89. The first-order valence-electron chi connectivity index (χ1n) is 8.48. The van der Waals surface area contributed by atoms with E-state index in [-0.39, 0.29) is 18.1 Å². The Morgan fingerprint density at radius 1 is 1.19 bits per heavy atom. The van der Waals surface area contributed by atoms with Crippen LogP contribution in [0.2, 0.25) is 5.02 Å². The molecular formula is C20H19ClN2O4. The van der Waals surface area contributed by atoms with Gasteiger partial charge in [-0.25, -0.2) is 4.98 Å². The summed E-state index contributed by atoms with van der Waals surface area (Å²) in [6, 6.07) is 15.2. The molecular weight excluding hydrogens is 368 g/mol. The zero-order valence-electron chi connectivity index (χ0n) is 14.7. The molecule has 0 radical (unpaired) electrons. The standard InChI is InChI=1S/C20H19ClN2O4/c1-2-26-20-17(11-18(24)25)23-19(27-20)14-5-9-16(10-6-14)22-12-13-3-7-15(21)8-4-13/h3-10,22H,2,11-12H2,1H3,(H,24,25). The van der Waals surface area contributed by atoms with E-state index in [1.54, 1.807) is 6.92 Å². The van der Waals surface area contributed by atoms with E-state index in [0.29, 0.717) is 24.1 Å². The van der Waals surface area contributed by atoms with Crippen molar-refractivity contribution >= 4 is 23.3 Å². The summed E-state index contributed by atoms with van der Waals surface area (Å²) in [5.74, 6) is -0.503. The van der Waals surface area contributed by atoms with Crippen molar-refractivity contribution in [1.82, 2.24) is 4.98 Å². The molecule has 0 saturated heterocycles. The molecule has 1 aromatic heterocycles. The Balaban J connectivity index is 1.70. The van der Waals surface area contributed by atoms with Gasteiger partial charge in [-0.3, -0.25) is 4.79 Å². The number of halogens is 1. The van der Waals surface area contributed by atoms with Crippen LogP contribution in [0.4, 0.5) is 5.69 Å². The van der Waals surface area contributed by atoms with Crippen molar-refractivity contribution in [3.63, 3.8) is 0 Å². The summed E-state index contributed by atoms with van der Waals surface area (Å²) in [7, 11) is 0. The van der Waals surface area contributed by atoms with E-state index in [0.717, 1.165) is 16.8 Å². The molecule has 0 amide bonds. The summed E-state index contributed by atoms with van der Waals surface area (Å²) in [4.78, 5) is 15.2. The fourth-order valence-corrected chi connectivity index (χ4v) is 2.62. The number of hydrogen-bond donors (Lipinski definition) is 2. The molecule has 27 heavy (non-hydrogen) atoms. The molecule has 3 aromatic rings. The smallest absolute Gasteiger partial charge is 0.309 e. The van der Waals surface area contributed by atoms with Crippen LogP contribution in [-0.4, -0.2) is 22.7 Å². The summed E-state index contributed by atoms with van der Waals surface area (Å²) in [6.45, 7) is 2.84. The van der Waals surface area contributed by atoms with E-state index < -0.39 is 5.97 Å². The first-order chi connectivity index (χ1) is 13.0. The van der Waals surface area contributed by atoms with Gasteiger partial charge < -0.3 is 19.6 Å². The predicted octanol–water partition coefficient (Wildman–Crippen LogP) is 4.63. The predicted molar refractivity (Wildman–Crippen MR) is 103 cm³/mol. The number of aromatic nitrogens is 1. The molecule has 0 atom stereocenters. The van der Waals surface area contributed by atoms with Crippen molar-refractivity contribution in [2.45, 2.75) is 19.9 Å². The van der Waals surface area contributed by atoms with E-state index in [9.17, 15) is 4.79 Å². The molecule has 0 spiro atoms. The van der Waals surface area contributed by atoms with Gasteiger partial charge in [-0.05, 0) is 48.9 Å². The quantitative estimate of drug-likeness (QED) is 0.587. The van der Waals surface area contributed by atoms with Crippen molar-refractivity contribution in [1.29, 1.82) is 0 Å². The molecule has 2 N–H and O–H groups in total. The molecule has 3 rings (SSSR count). The van der Waals surface area contributed by atoms with Gasteiger partial charge in [0.25, 0.3) is 0 Å². The van der Waals surface area contributed by atoms with Crippen molar-refractivity contribution < 1.29 is 19.1 Å². The van der Waals surface area contributed by atoms with Crippen LogP contribution in [0.5, 0.6) is 5.95 Å². The van der Waals surface area contributed by atoms with E-state index in [4.69, 9.17) is 25.9 Å². The molecule has 6 nitrogen and oxygen atoms in total. The molecule has 0 aliphatic rings. The number of benzene rings is 2. The number of anilines is 1. The Morgan fingerprint density at radius 3 is 2.52 bits per heavy atom. The maximum atomic E-state index is 11.0. The van der Waals surface area contributed by atoms with Crippen LogP contribution >= 0.6 is 11.6 Å². The van der Waals surface area contributed by atoms with Gasteiger partial charge in [-0.15, -0.1) is 0 Å². The van der Waals surface area contributed by atoms with Gasteiger partial charge in [0, 0.05) is 22.8 Å². The lowest BCUT2D eigenvalue weighted by Crippen LogP contribution is -2.03. The molecule has 140 valence electrons. The maximum Gasteiger partial charge on any atom is 0.309 e. The SMILES string of the molecule is CCOc1oc(-c2ccc(NCc3ccc(Cl)cc3)cc2)nc1CC(=O)O. The summed E-state index contributed by atoms with van der Waals surface area (Å²) in [6.07, 6.45) is -0.250. The Kier molecular flexibility index (Phi) is 5.98. The van der Waals surface area contributed by atoms with Crippen LogP contribution in [0.15, 0.2) is 52.9 Å². The lowest BCUT2D eigenvalue weighted by atomic mass is 10.2. The molecule has 0 aliphatic heterocycles. The second-order valence-electron chi connectivity index (χ2n) is 5.81. The maximum absolute atomic E-state index is 11.0. The summed E-state index contributed by atoms with van der Waals surface area (Å²) in [5.41, 5.74) is 3.08. The van der Waals surface area contributed by atoms with Gasteiger partial charge in [0.1, 0.15) is 5.69 Å². The van der Waals surface area contributed by atoms with Gasteiger partial charge in [-0.2, -0.15) is 0 Å². The van der Waals surface area contributed by atoms with Crippen LogP contribution in [-0.2, 0) is 17.8 Å². The highest BCUT2D eigenvalue weighted by atomic mass is 35.5. The number of carboxylic acid groups (broad SMARTS) is 1. The number of carboxylic acids is 1. The van der Waals surface area contributed by atoms with Gasteiger partial charge in [0.15, 0.2) is 0 Å². The fraction of sp³-hybridized carbons (Fsp3) is 0.200. The lowest BCUT2D eigenvalue weighted by molar-refractivity contribution is -0.136. The molecule has 0 fully saturated rings. The summed E-state index contributed by atoms with van der Waals surface area (Å²) < 4.78 is 10.9. The second kappa shape index (κ2) is 8.60. The Hall–Kier alpha value is -2.99. The van der Waals surface area contributed by atoms with Gasteiger partial charge >= 0.3 is 11.9 Å². The average molecular weight is 387 g/mol. The van der Waals surface area contributed by atoms with Crippen molar-refractivity contribution in [2.75, 3.05) is 11.9 Å². The highest BCUT2D eigenvalue weighted by Crippen LogP contribution is 2.28. The monoisotopic (exact) mass is 386 g/mol. The minimum absolute atomic E-state index is 0.153. The average Bonchev–Trinajstić information content (AvgIpc) is 3.04. The number of hydrogen-bond acceptors (Lipinski definition) is 5. The second-order valence-corrected chi connectivity index (χ2v) is 6.25.